The second-order valence-electron chi connectivity index (χ2n) is 13.0. The summed E-state index contributed by atoms with van der Waals surface area (Å²) in [6.45, 7) is 12.1. The van der Waals surface area contributed by atoms with Crippen LogP contribution in [0.1, 0.15) is 85.6 Å². The lowest BCUT2D eigenvalue weighted by molar-refractivity contribution is -0.144. The number of ether oxygens (including phenoxy) is 1. The zero-order valence-corrected chi connectivity index (χ0v) is 24.8. The van der Waals surface area contributed by atoms with Gasteiger partial charge in [0.15, 0.2) is 5.54 Å². The molecule has 0 radical (unpaired) electrons. The number of esters is 1. The first-order valence-electron chi connectivity index (χ1n) is 14.1. The number of phenols is 1. The fourth-order valence-corrected chi connectivity index (χ4v) is 5.77. The Hall–Kier alpha value is -4.45. The van der Waals surface area contributed by atoms with Crippen LogP contribution >= 0.6 is 0 Å². The molecule has 0 fully saturated rings. The quantitative estimate of drug-likeness (QED) is 0.198. The number of hydrogen-bond acceptors (Lipinski definition) is 4. The molecule has 0 saturated heterocycles. The van der Waals surface area contributed by atoms with Crippen molar-refractivity contribution in [2.75, 3.05) is 0 Å². The molecule has 5 rings (SSSR count). The predicted molar refractivity (Wildman–Crippen MR) is 161 cm³/mol. The molecule has 42 heavy (non-hydrogen) atoms. The van der Waals surface area contributed by atoms with Gasteiger partial charge in [0, 0.05) is 11.1 Å². The maximum absolute atomic E-state index is 14.4. The summed E-state index contributed by atoms with van der Waals surface area (Å²) >= 11 is 0. The second-order valence-corrected chi connectivity index (χ2v) is 13.0. The highest BCUT2D eigenvalue weighted by Crippen LogP contribution is 2.52. The average Bonchev–Trinajstić information content (AvgIpc) is 2.93. The number of nitrogens with one attached hydrogen (secondary N) is 1. The van der Waals surface area contributed by atoms with Crippen molar-refractivity contribution in [1.82, 2.24) is 5.32 Å². The van der Waals surface area contributed by atoms with Gasteiger partial charge < -0.3 is 15.2 Å². The van der Waals surface area contributed by atoms with Gasteiger partial charge >= 0.3 is 5.97 Å². The van der Waals surface area contributed by atoms with E-state index < -0.39 is 40.0 Å². The molecule has 4 aromatic rings. The summed E-state index contributed by atoms with van der Waals surface area (Å²) in [5.41, 5.74) is 0.899. The van der Waals surface area contributed by atoms with Gasteiger partial charge in [-0.05, 0) is 63.4 Å². The van der Waals surface area contributed by atoms with E-state index >= 15 is 0 Å². The number of carbonyl (C=O) groups is 2. The van der Waals surface area contributed by atoms with E-state index in [1.165, 1.54) is 24.3 Å². The van der Waals surface area contributed by atoms with Crippen molar-refractivity contribution in [3.8, 4) is 11.5 Å². The van der Waals surface area contributed by atoms with Gasteiger partial charge in [-0.15, -0.1) is 0 Å². The Morgan fingerprint density at radius 3 is 1.95 bits per heavy atom. The number of amides is 1. The number of para-hydroxylation sites is 1. The lowest BCUT2D eigenvalue weighted by atomic mass is 9.67. The number of phenolic OH excluding ortho intramolecular Hbond substituents is 1. The van der Waals surface area contributed by atoms with E-state index in [-0.39, 0.29) is 5.75 Å². The van der Waals surface area contributed by atoms with Crippen LogP contribution < -0.4 is 10.1 Å². The molecule has 6 heteroatoms. The zero-order chi connectivity index (χ0) is 30.4. The van der Waals surface area contributed by atoms with Crippen molar-refractivity contribution in [2.45, 2.75) is 63.8 Å². The maximum atomic E-state index is 14.4. The molecule has 1 aliphatic rings. The average molecular weight is 566 g/mol. The number of benzene rings is 4. The summed E-state index contributed by atoms with van der Waals surface area (Å²) < 4.78 is 20.2. The van der Waals surface area contributed by atoms with E-state index in [9.17, 15) is 19.1 Å². The molecule has 2 atom stereocenters. The largest absolute Gasteiger partial charge is 0.507 e. The number of aromatic hydroxyl groups is 1. The van der Waals surface area contributed by atoms with Crippen LogP contribution in [-0.2, 0) is 21.2 Å². The van der Waals surface area contributed by atoms with Crippen LogP contribution in [0, 0.1) is 5.82 Å². The summed E-state index contributed by atoms with van der Waals surface area (Å²) in [5.74, 6) is -1.85. The molecule has 4 aromatic carbocycles. The van der Waals surface area contributed by atoms with Crippen molar-refractivity contribution >= 4 is 11.9 Å². The molecule has 0 unspecified atom stereocenters. The Balaban J connectivity index is 1.88. The molecule has 0 saturated carbocycles. The third kappa shape index (κ3) is 5.06. The first kappa shape index (κ1) is 29.1. The van der Waals surface area contributed by atoms with E-state index in [1.54, 1.807) is 42.5 Å². The second kappa shape index (κ2) is 10.4. The third-order valence-electron chi connectivity index (χ3n) is 7.92. The fraction of sp³-hybridized carbons (Fsp3) is 0.278. The minimum atomic E-state index is -1.77. The molecule has 0 aromatic heterocycles. The molecule has 1 amide bonds. The lowest BCUT2D eigenvalue weighted by Crippen LogP contribution is -2.59. The monoisotopic (exact) mass is 565 g/mol. The van der Waals surface area contributed by atoms with Gasteiger partial charge in [-0.1, -0.05) is 102 Å². The zero-order valence-electron chi connectivity index (χ0n) is 24.8. The smallest absolute Gasteiger partial charge is 0.343 e. The van der Waals surface area contributed by atoms with Crippen LogP contribution in [0.5, 0.6) is 11.5 Å². The highest BCUT2D eigenvalue weighted by molar-refractivity contribution is 6.00. The van der Waals surface area contributed by atoms with Crippen LogP contribution in [0.3, 0.4) is 0 Å². The molecular formula is C36H36FNO4. The molecule has 2 N–H and O–H groups in total. The van der Waals surface area contributed by atoms with Gasteiger partial charge in [-0.2, -0.15) is 0 Å². The predicted octanol–water partition coefficient (Wildman–Crippen LogP) is 7.50. The van der Waals surface area contributed by atoms with Crippen molar-refractivity contribution in [3.05, 3.63) is 130 Å². The van der Waals surface area contributed by atoms with Crippen molar-refractivity contribution in [2.24, 2.45) is 0 Å². The Morgan fingerprint density at radius 2 is 1.38 bits per heavy atom. The minimum absolute atomic E-state index is 0.200. The molecule has 1 aliphatic heterocycles. The number of halogens is 1. The van der Waals surface area contributed by atoms with Crippen LogP contribution in [0.2, 0.25) is 0 Å². The standard InChI is InChI=1S/C36H36FNO4/c1-34(2,3)27-20-23(21-28(31(27)39)35(4,5)6)30-26-14-10-11-15-29(26)42-33(41)36(30,24-16-18-25(37)19-17-24)38-32(40)22-12-8-7-9-13-22/h7-21,30,39H,1-6H3,(H,38,40)/t30-,36+/m1/s1. The van der Waals surface area contributed by atoms with Crippen LogP contribution in [-0.4, -0.2) is 17.0 Å². The highest BCUT2D eigenvalue weighted by atomic mass is 19.1. The molecule has 5 nitrogen and oxygen atoms in total. The van der Waals surface area contributed by atoms with E-state index in [0.29, 0.717) is 39.1 Å². The van der Waals surface area contributed by atoms with Crippen molar-refractivity contribution in [1.29, 1.82) is 0 Å². The summed E-state index contributed by atoms with van der Waals surface area (Å²) in [7, 11) is 0. The van der Waals surface area contributed by atoms with Gasteiger partial charge in [0.25, 0.3) is 5.91 Å². The normalized spacial score (nSPS) is 18.6. The van der Waals surface area contributed by atoms with Gasteiger partial charge in [0.1, 0.15) is 17.3 Å². The summed E-state index contributed by atoms with van der Waals surface area (Å²) in [4.78, 5) is 28.2. The number of rotatable bonds is 4. The van der Waals surface area contributed by atoms with E-state index in [4.69, 9.17) is 4.74 Å². The Kier molecular flexibility index (Phi) is 7.22. The minimum Gasteiger partial charge on any atom is -0.507 e. The van der Waals surface area contributed by atoms with E-state index in [1.807, 2.05) is 65.8 Å². The Bertz CT molecular complexity index is 1610. The first-order valence-corrected chi connectivity index (χ1v) is 14.1. The summed E-state index contributed by atoms with van der Waals surface area (Å²) in [6.07, 6.45) is 0. The van der Waals surface area contributed by atoms with E-state index in [2.05, 4.69) is 5.32 Å². The van der Waals surface area contributed by atoms with Crippen molar-refractivity contribution < 1.29 is 23.8 Å². The maximum Gasteiger partial charge on any atom is 0.343 e. The Labute approximate surface area is 246 Å². The highest BCUT2D eigenvalue weighted by Gasteiger charge is 2.55. The van der Waals surface area contributed by atoms with Gasteiger partial charge in [-0.25, -0.2) is 9.18 Å². The van der Waals surface area contributed by atoms with Crippen LogP contribution in [0.25, 0.3) is 0 Å². The van der Waals surface area contributed by atoms with E-state index in [0.717, 1.165) is 0 Å². The number of fused-ring (bicyclic) bond motifs is 1. The summed E-state index contributed by atoms with van der Waals surface area (Å²) in [5, 5.41) is 14.6. The molecular weight excluding hydrogens is 529 g/mol. The van der Waals surface area contributed by atoms with Gasteiger partial charge in [0.2, 0.25) is 0 Å². The van der Waals surface area contributed by atoms with Crippen LogP contribution in [0.15, 0.2) is 91.0 Å². The fourth-order valence-electron chi connectivity index (χ4n) is 5.77. The molecule has 0 spiro atoms. The van der Waals surface area contributed by atoms with Gasteiger partial charge in [0.05, 0.1) is 5.92 Å². The molecule has 0 aliphatic carbocycles. The SMILES string of the molecule is CC(C)(C)c1cc([C@@H]2c3ccccc3OC(=O)[C@]2(NC(=O)c2ccccc2)c2ccc(F)cc2)cc(C(C)(C)C)c1O. The molecule has 216 valence electrons. The summed E-state index contributed by atoms with van der Waals surface area (Å²) in [6, 6.07) is 25.3. The molecule has 0 bridgehead atoms. The number of hydrogen-bond donors (Lipinski definition) is 2. The van der Waals surface area contributed by atoms with Crippen molar-refractivity contribution in [3.63, 3.8) is 0 Å². The van der Waals surface area contributed by atoms with Gasteiger partial charge in [-0.3, -0.25) is 4.79 Å². The number of carbonyl (C=O) groups excluding carboxylic acids is 2. The van der Waals surface area contributed by atoms with Crippen LogP contribution in [0.4, 0.5) is 4.39 Å². The molecule has 1 heterocycles. The lowest BCUT2D eigenvalue weighted by Gasteiger charge is -2.44. The topological polar surface area (TPSA) is 75.6 Å². The first-order chi connectivity index (χ1) is 19.7. The Morgan fingerprint density at radius 1 is 0.833 bits per heavy atom. The third-order valence-corrected chi connectivity index (χ3v) is 7.92.